The van der Waals surface area contributed by atoms with Crippen LogP contribution in [0.5, 0.6) is 0 Å². The molecule has 1 rings (SSSR count). The van der Waals surface area contributed by atoms with Crippen LogP contribution in [0.25, 0.3) is 0 Å². The molecule has 1 N–H and O–H groups in total. The zero-order chi connectivity index (χ0) is 15.0. The molecule has 2 nitrogen and oxygen atoms in total. The molecule has 0 atom stereocenters. The second-order valence-corrected chi connectivity index (χ2v) is 4.79. The molecule has 114 valence electrons. The van der Waals surface area contributed by atoms with E-state index in [9.17, 15) is 13.2 Å². The number of nitrogens with one attached hydrogen (secondary N) is 1. The smallest absolute Gasteiger partial charge is 0.317 e. The monoisotopic (exact) mass is 288 g/mol. The van der Waals surface area contributed by atoms with E-state index in [4.69, 9.17) is 0 Å². The zero-order valence-corrected chi connectivity index (χ0v) is 12.1. The number of benzene rings is 1. The van der Waals surface area contributed by atoms with Gasteiger partial charge in [0.1, 0.15) is 0 Å². The molecule has 0 aliphatic heterocycles. The lowest BCUT2D eigenvalue weighted by Gasteiger charge is -2.23. The molecule has 0 heterocycles. The van der Waals surface area contributed by atoms with Crippen LogP contribution in [0.4, 0.5) is 13.2 Å². The summed E-state index contributed by atoms with van der Waals surface area (Å²) in [6.45, 7) is 5.42. The fourth-order valence-corrected chi connectivity index (χ4v) is 2.13. The minimum absolute atomic E-state index is 0.346. The van der Waals surface area contributed by atoms with Gasteiger partial charge in [-0.1, -0.05) is 38.1 Å². The molecule has 0 saturated carbocycles. The van der Waals surface area contributed by atoms with Crippen molar-refractivity contribution in [3.8, 4) is 0 Å². The maximum absolute atomic E-state index is 12.5. The molecule has 5 heteroatoms. The number of halogens is 3. The van der Waals surface area contributed by atoms with E-state index in [0.717, 1.165) is 30.6 Å². The molecule has 0 amide bonds. The van der Waals surface area contributed by atoms with Crippen molar-refractivity contribution >= 4 is 0 Å². The molecule has 1 aromatic carbocycles. The van der Waals surface area contributed by atoms with Gasteiger partial charge in [-0.25, -0.2) is 0 Å². The lowest BCUT2D eigenvalue weighted by molar-refractivity contribution is -0.146. The van der Waals surface area contributed by atoms with Crippen LogP contribution < -0.4 is 5.32 Å². The molecule has 1 aromatic rings. The maximum Gasteiger partial charge on any atom is 0.401 e. The Morgan fingerprint density at radius 3 is 2.30 bits per heavy atom. The molecule has 0 aliphatic carbocycles. The van der Waals surface area contributed by atoms with E-state index in [1.54, 1.807) is 6.92 Å². The number of alkyl halides is 3. The number of likely N-dealkylation sites (N-methyl/N-ethyl adjacent to an activating group) is 1. The predicted octanol–water partition coefficient (Wildman–Crippen LogP) is 3.22. The van der Waals surface area contributed by atoms with Gasteiger partial charge in [0.25, 0.3) is 0 Å². The standard InChI is InChI=1S/C15H23F3N2/c1-3-19-10-9-13-7-5-6-8-14(13)11-20(4-2)12-15(16,17)18/h5-8,19H,3-4,9-12H2,1-2H3. The Labute approximate surface area is 119 Å². The average molecular weight is 288 g/mol. The van der Waals surface area contributed by atoms with E-state index >= 15 is 0 Å². The first-order valence-electron chi connectivity index (χ1n) is 7.02. The van der Waals surface area contributed by atoms with Crippen molar-refractivity contribution in [2.24, 2.45) is 0 Å². The normalized spacial score (nSPS) is 12.1. The highest BCUT2D eigenvalue weighted by Crippen LogP contribution is 2.19. The van der Waals surface area contributed by atoms with E-state index in [2.05, 4.69) is 5.32 Å². The fraction of sp³-hybridized carbons (Fsp3) is 0.600. The van der Waals surface area contributed by atoms with Gasteiger partial charge < -0.3 is 5.32 Å². The Balaban J connectivity index is 2.69. The minimum Gasteiger partial charge on any atom is -0.317 e. The second-order valence-electron chi connectivity index (χ2n) is 4.79. The summed E-state index contributed by atoms with van der Waals surface area (Å²) in [6.07, 6.45) is -3.30. The lowest BCUT2D eigenvalue weighted by atomic mass is 10.0. The third kappa shape index (κ3) is 6.39. The van der Waals surface area contributed by atoms with Crippen LogP contribution in [0, 0.1) is 0 Å². The molecule has 0 aromatic heterocycles. The lowest BCUT2D eigenvalue weighted by Crippen LogP contribution is -2.34. The number of hydrogen-bond donors (Lipinski definition) is 1. The Morgan fingerprint density at radius 2 is 1.75 bits per heavy atom. The van der Waals surface area contributed by atoms with Crippen LogP contribution >= 0.6 is 0 Å². The predicted molar refractivity (Wildman–Crippen MR) is 75.7 cm³/mol. The number of nitrogens with zero attached hydrogens (tertiary/aromatic N) is 1. The van der Waals surface area contributed by atoms with Crippen LogP contribution in [-0.4, -0.2) is 37.3 Å². The Morgan fingerprint density at radius 1 is 1.10 bits per heavy atom. The van der Waals surface area contributed by atoms with Gasteiger partial charge in [-0.3, -0.25) is 4.90 Å². The summed E-state index contributed by atoms with van der Waals surface area (Å²) in [5.74, 6) is 0. The van der Waals surface area contributed by atoms with E-state index in [1.165, 1.54) is 4.90 Å². The number of rotatable bonds is 8. The molecule has 0 radical (unpaired) electrons. The summed E-state index contributed by atoms with van der Waals surface area (Å²) in [4.78, 5) is 1.42. The summed E-state index contributed by atoms with van der Waals surface area (Å²) < 4.78 is 37.5. The van der Waals surface area contributed by atoms with Crippen LogP contribution in [0.15, 0.2) is 24.3 Å². The first kappa shape index (κ1) is 17.0. The highest BCUT2D eigenvalue weighted by molar-refractivity contribution is 5.27. The topological polar surface area (TPSA) is 15.3 Å². The van der Waals surface area contributed by atoms with Gasteiger partial charge in [-0.2, -0.15) is 13.2 Å². The molecule has 0 aliphatic rings. The second kappa shape index (κ2) is 8.27. The minimum atomic E-state index is -4.14. The summed E-state index contributed by atoms with van der Waals surface area (Å²) in [5.41, 5.74) is 2.10. The van der Waals surface area contributed by atoms with Crippen LogP contribution in [0.2, 0.25) is 0 Å². The van der Waals surface area contributed by atoms with Crippen molar-refractivity contribution in [2.45, 2.75) is 33.0 Å². The summed E-state index contributed by atoms with van der Waals surface area (Å²) in [6, 6.07) is 7.73. The molecule has 20 heavy (non-hydrogen) atoms. The Bertz CT molecular complexity index is 391. The summed E-state index contributed by atoms with van der Waals surface area (Å²) in [7, 11) is 0. The molecular formula is C15H23F3N2. The Hall–Kier alpha value is -1.07. The van der Waals surface area contributed by atoms with Gasteiger partial charge in [-0.05, 0) is 37.2 Å². The number of hydrogen-bond acceptors (Lipinski definition) is 2. The van der Waals surface area contributed by atoms with Gasteiger partial charge in [0.2, 0.25) is 0 Å². The SMILES string of the molecule is CCNCCc1ccccc1CN(CC)CC(F)(F)F. The first-order chi connectivity index (χ1) is 9.46. The molecule has 0 spiro atoms. The van der Waals surface area contributed by atoms with E-state index in [1.807, 2.05) is 31.2 Å². The van der Waals surface area contributed by atoms with Crippen molar-refractivity contribution in [3.63, 3.8) is 0 Å². The van der Waals surface area contributed by atoms with Crippen LogP contribution in [-0.2, 0) is 13.0 Å². The molecular weight excluding hydrogens is 265 g/mol. The van der Waals surface area contributed by atoms with Crippen LogP contribution in [0.1, 0.15) is 25.0 Å². The van der Waals surface area contributed by atoms with Crippen LogP contribution in [0.3, 0.4) is 0 Å². The van der Waals surface area contributed by atoms with Crippen molar-refractivity contribution in [1.29, 1.82) is 0 Å². The van der Waals surface area contributed by atoms with Gasteiger partial charge in [0, 0.05) is 6.54 Å². The van der Waals surface area contributed by atoms with Gasteiger partial charge in [0.15, 0.2) is 0 Å². The Kier molecular flexibility index (Phi) is 7.02. The maximum atomic E-state index is 12.5. The average Bonchev–Trinajstić information content (AvgIpc) is 2.38. The van der Waals surface area contributed by atoms with Gasteiger partial charge in [-0.15, -0.1) is 0 Å². The molecule has 0 fully saturated rings. The van der Waals surface area contributed by atoms with E-state index < -0.39 is 12.7 Å². The largest absolute Gasteiger partial charge is 0.401 e. The van der Waals surface area contributed by atoms with Gasteiger partial charge in [0.05, 0.1) is 6.54 Å². The van der Waals surface area contributed by atoms with E-state index in [-0.39, 0.29) is 0 Å². The third-order valence-electron chi connectivity index (χ3n) is 3.18. The van der Waals surface area contributed by atoms with Crippen molar-refractivity contribution in [1.82, 2.24) is 10.2 Å². The van der Waals surface area contributed by atoms with Gasteiger partial charge >= 0.3 is 6.18 Å². The molecule has 0 unspecified atom stereocenters. The molecule has 0 saturated heterocycles. The zero-order valence-electron chi connectivity index (χ0n) is 12.1. The summed E-state index contributed by atoms with van der Waals surface area (Å²) >= 11 is 0. The first-order valence-corrected chi connectivity index (χ1v) is 7.02. The highest BCUT2D eigenvalue weighted by Gasteiger charge is 2.30. The van der Waals surface area contributed by atoms with Crippen molar-refractivity contribution in [3.05, 3.63) is 35.4 Å². The van der Waals surface area contributed by atoms with E-state index in [0.29, 0.717) is 13.1 Å². The van der Waals surface area contributed by atoms with Crippen molar-refractivity contribution < 1.29 is 13.2 Å². The molecule has 0 bridgehead atoms. The highest BCUT2D eigenvalue weighted by atomic mass is 19.4. The quantitative estimate of drug-likeness (QED) is 0.739. The fourth-order valence-electron chi connectivity index (χ4n) is 2.13. The summed E-state index contributed by atoms with van der Waals surface area (Å²) in [5, 5.41) is 3.24. The third-order valence-corrected chi connectivity index (χ3v) is 3.18. The van der Waals surface area contributed by atoms with Crippen molar-refractivity contribution in [2.75, 3.05) is 26.2 Å².